The van der Waals surface area contributed by atoms with E-state index in [2.05, 4.69) is 0 Å². The first kappa shape index (κ1) is 17.9. The van der Waals surface area contributed by atoms with Gasteiger partial charge in [0.2, 0.25) is 0 Å². The third-order valence-electron chi connectivity index (χ3n) is 3.57. The molecular formula is C17H24O6. The molecule has 0 aromatic heterocycles. The molecule has 0 aliphatic carbocycles. The minimum atomic E-state index is -1.18. The van der Waals surface area contributed by atoms with Gasteiger partial charge in [0, 0.05) is 0 Å². The summed E-state index contributed by atoms with van der Waals surface area (Å²) in [5.74, 6) is -0.392. The van der Waals surface area contributed by atoms with Crippen molar-refractivity contribution in [1.29, 1.82) is 0 Å². The van der Waals surface area contributed by atoms with Gasteiger partial charge in [-0.15, -0.1) is 0 Å². The lowest BCUT2D eigenvalue weighted by Gasteiger charge is -2.20. The van der Waals surface area contributed by atoms with Gasteiger partial charge < -0.3 is 24.4 Å². The van der Waals surface area contributed by atoms with E-state index in [1.165, 1.54) is 0 Å². The second kappa shape index (κ2) is 7.40. The number of carbonyl (C=O) groups excluding carboxylic acids is 1. The molecule has 0 bridgehead atoms. The van der Waals surface area contributed by atoms with Crippen LogP contribution in [-0.2, 0) is 25.6 Å². The van der Waals surface area contributed by atoms with Crippen LogP contribution in [0.3, 0.4) is 0 Å². The van der Waals surface area contributed by atoms with Gasteiger partial charge in [0.25, 0.3) is 0 Å². The predicted molar refractivity (Wildman–Crippen MR) is 82.3 cm³/mol. The number of aliphatic hydroxyl groups excluding tert-OH is 2. The third kappa shape index (κ3) is 4.75. The Bertz CT molecular complexity index is 510. The maximum absolute atomic E-state index is 11.7. The molecule has 0 spiro atoms. The third-order valence-corrected chi connectivity index (χ3v) is 3.57. The van der Waals surface area contributed by atoms with Crippen molar-refractivity contribution in [2.24, 2.45) is 5.41 Å². The average molecular weight is 324 g/mol. The lowest BCUT2D eigenvalue weighted by molar-refractivity contribution is -0.183. The molecule has 6 heteroatoms. The standard InChI is InChI=1S/C17H24O6/c1-17(2,3)16(20)22-10-12-13(18)14(19)15(23-12)21-9-11-7-5-4-6-8-11/h4-8,12-15,18-19H,9-10H2,1-3H3/t12-,13+,14-,15?/m1/s1. The molecular weight excluding hydrogens is 300 g/mol. The predicted octanol–water partition coefficient (Wildman–Crippen LogP) is 1.24. The lowest BCUT2D eigenvalue weighted by atomic mass is 9.97. The van der Waals surface area contributed by atoms with Crippen LogP contribution in [0.4, 0.5) is 0 Å². The van der Waals surface area contributed by atoms with Crippen LogP contribution in [0.5, 0.6) is 0 Å². The van der Waals surface area contributed by atoms with Crippen LogP contribution in [-0.4, -0.2) is 47.4 Å². The number of ether oxygens (including phenoxy) is 3. The molecule has 1 saturated heterocycles. The Morgan fingerprint density at radius 2 is 1.83 bits per heavy atom. The van der Waals surface area contributed by atoms with Gasteiger partial charge >= 0.3 is 5.97 Å². The fourth-order valence-corrected chi connectivity index (χ4v) is 2.12. The Labute approximate surface area is 136 Å². The highest BCUT2D eigenvalue weighted by Crippen LogP contribution is 2.24. The molecule has 1 aliphatic heterocycles. The summed E-state index contributed by atoms with van der Waals surface area (Å²) in [6, 6.07) is 9.44. The van der Waals surface area contributed by atoms with E-state index < -0.39 is 36.0 Å². The zero-order valence-corrected chi connectivity index (χ0v) is 13.6. The summed E-state index contributed by atoms with van der Waals surface area (Å²) in [6.07, 6.45) is -4.11. The minimum absolute atomic E-state index is 0.125. The molecule has 1 unspecified atom stereocenters. The van der Waals surface area contributed by atoms with Crippen LogP contribution >= 0.6 is 0 Å². The molecule has 1 aliphatic rings. The minimum Gasteiger partial charge on any atom is -0.462 e. The van der Waals surface area contributed by atoms with E-state index >= 15 is 0 Å². The molecule has 4 atom stereocenters. The topological polar surface area (TPSA) is 85.2 Å². The summed E-state index contributed by atoms with van der Waals surface area (Å²) in [5, 5.41) is 20.0. The molecule has 1 fully saturated rings. The SMILES string of the molecule is CC(C)(C)C(=O)OC[C@H]1OC(OCc2ccccc2)[C@H](O)[C@H]1O. The summed E-state index contributed by atoms with van der Waals surface area (Å²) in [6.45, 7) is 5.34. The zero-order chi connectivity index (χ0) is 17.0. The van der Waals surface area contributed by atoms with Gasteiger partial charge in [-0.1, -0.05) is 30.3 Å². The molecule has 0 amide bonds. The van der Waals surface area contributed by atoms with E-state index in [9.17, 15) is 15.0 Å². The van der Waals surface area contributed by atoms with E-state index in [0.29, 0.717) is 0 Å². The van der Waals surface area contributed by atoms with Gasteiger partial charge in [-0.2, -0.15) is 0 Å². The van der Waals surface area contributed by atoms with E-state index in [0.717, 1.165) is 5.56 Å². The normalized spacial score (nSPS) is 27.9. The van der Waals surface area contributed by atoms with Crippen molar-refractivity contribution in [3.63, 3.8) is 0 Å². The fraction of sp³-hybridized carbons (Fsp3) is 0.588. The van der Waals surface area contributed by atoms with Crippen LogP contribution in [0.25, 0.3) is 0 Å². The van der Waals surface area contributed by atoms with Crippen molar-refractivity contribution < 1.29 is 29.2 Å². The zero-order valence-electron chi connectivity index (χ0n) is 13.6. The smallest absolute Gasteiger partial charge is 0.311 e. The van der Waals surface area contributed by atoms with Crippen molar-refractivity contribution in [1.82, 2.24) is 0 Å². The second-order valence-electron chi connectivity index (χ2n) is 6.67. The summed E-state index contributed by atoms with van der Waals surface area (Å²) >= 11 is 0. The summed E-state index contributed by atoms with van der Waals surface area (Å²) in [4.78, 5) is 11.7. The first-order valence-electron chi connectivity index (χ1n) is 7.63. The molecule has 1 aromatic rings. The summed E-state index contributed by atoms with van der Waals surface area (Å²) in [7, 11) is 0. The molecule has 1 heterocycles. The molecule has 0 radical (unpaired) electrons. The average Bonchev–Trinajstić information content (AvgIpc) is 2.78. The van der Waals surface area contributed by atoms with Crippen LogP contribution in [0, 0.1) is 5.41 Å². The Kier molecular flexibility index (Phi) is 5.75. The molecule has 0 saturated carbocycles. The van der Waals surface area contributed by atoms with Crippen LogP contribution in [0.1, 0.15) is 26.3 Å². The monoisotopic (exact) mass is 324 g/mol. The molecule has 1 aromatic carbocycles. The first-order valence-corrected chi connectivity index (χ1v) is 7.63. The van der Waals surface area contributed by atoms with Gasteiger partial charge in [-0.25, -0.2) is 0 Å². The maximum Gasteiger partial charge on any atom is 0.311 e. The molecule has 2 N–H and O–H groups in total. The molecule has 6 nitrogen and oxygen atoms in total. The number of benzene rings is 1. The van der Waals surface area contributed by atoms with Gasteiger partial charge in [0.15, 0.2) is 6.29 Å². The van der Waals surface area contributed by atoms with Crippen molar-refractivity contribution in [2.45, 2.75) is 52.0 Å². The van der Waals surface area contributed by atoms with Crippen molar-refractivity contribution in [2.75, 3.05) is 6.61 Å². The number of rotatable bonds is 5. The quantitative estimate of drug-likeness (QED) is 0.793. The van der Waals surface area contributed by atoms with Gasteiger partial charge in [-0.3, -0.25) is 4.79 Å². The highest BCUT2D eigenvalue weighted by atomic mass is 16.7. The van der Waals surface area contributed by atoms with Gasteiger partial charge in [-0.05, 0) is 26.3 Å². The van der Waals surface area contributed by atoms with Crippen LogP contribution < -0.4 is 0 Å². The maximum atomic E-state index is 11.7. The number of aliphatic hydroxyl groups is 2. The molecule has 128 valence electrons. The first-order chi connectivity index (χ1) is 10.8. The van der Waals surface area contributed by atoms with Gasteiger partial charge in [0.1, 0.15) is 24.9 Å². The number of carbonyl (C=O) groups is 1. The summed E-state index contributed by atoms with van der Waals surface area (Å²) in [5.41, 5.74) is 0.297. The summed E-state index contributed by atoms with van der Waals surface area (Å²) < 4.78 is 16.1. The number of esters is 1. The highest BCUT2D eigenvalue weighted by Gasteiger charge is 2.44. The van der Waals surface area contributed by atoms with Crippen molar-refractivity contribution >= 4 is 5.97 Å². The second-order valence-corrected chi connectivity index (χ2v) is 6.67. The highest BCUT2D eigenvalue weighted by molar-refractivity contribution is 5.75. The molecule has 2 rings (SSSR count). The van der Waals surface area contributed by atoms with Crippen molar-refractivity contribution in [3.8, 4) is 0 Å². The Balaban J connectivity index is 1.84. The Morgan fingerprint density at radius 1 is 1.17 bits per heavy atom. The van der Waals surface area contributed by atoms with E-state index in [1.807, 2.05) is 30.3 Å². The van der Waals surface area contributed by atoms with E-state index in [1.54, 1.807) is 20.8 Å². The fourth-order valence-electron chi connectivity index (χ4n) is 2.12. The van der Waals surface area contributed by atoms with Crippen molar-refractivity contribution in [3.05, 3.63) is 35.9 Å². The van der Waals surface area contributed by atoms with Crippen LogP contribution in [0.2, 0.25) is 0 Å². The Hall–Kier alpha value is -1.47. The van der Waals surface area contributed by atoms with E-state index in [-0.39, 0.29) is 13.2 Å². The largest absolute Gasteiger partial charge is 0.462 e. The van der Waals surface area contributed by atoms with Gasteiger partial charge in [0.05, 0.1) is 12.0 Å². The lowest BCUT2D eigenvalue weighted by Crippen LogP contribution is -2.36. The van der Waals surface area contributed by atoms with E-state index in [4.69, 9.17) is 14.2 Å². The number of hydrogen-bond acceptors (Lipinski definition) is 6. The van der Waals surface area contributed by atoms with Crippen LogP contribution in [0.15, 0.2) is 30.3 Å². The Morgan fingerprint density at radius 3 is 2.43 bits per heavy atom. The molecule has 23 heavy (non-hydrogen) atoms. The number of hydrogen-bond donors (Lipinski definition) is 2.